The highest BCUT2D eigenvalue weighted by atomic mass is 19.3. The first-order valence-corrected chi connectivity index (χ1v) is 11.0. The Balaban J connectivity index is 1.87. The SMILES string of the molecule is C[C@@H](CC#Cc1ccccc1)[C@@H](O)C=C[C@H]1CC(F)(F)C(=O)N1CCCCCCC(=O)O. The number of aliphatic carboxylic acids is 1. The normalized spacial score (nSPS) is 19.6. The third-order valence-electron chi connectivity index (χ3n) is 5.52. The van der Waals surface area contributed by atoms with Gasteiger partial charge in [0.15, 0.2) is 0 Å². The van der Waals surface area contributed by atoms with Gasteiger partial charge < -0.3 is 15.1 Å². The Morgan fingerprint density at radius 3 is 2.62 bits per heavy atom. The molecule has 0 spiro atoms. The lowest BCUT2D eigenvalue weighted by Gasteiger charge is -2.22. The zero-order valence-corrected chi connectivity index (χ0v) is 18.3. The lowest BCUT2D eigenvalue weighted by Crippen LogP contribution is -2.36. The minimum absolute atomic E-state index is 0.0812. The standard InChI is InChI=1S/C25H31F2NO4/c1-19(10-9-13-20-11-5-4-6-12-20)22(29)16-15-21-18-25(26,27)24(32)28(21)17-8-3-2-7-14-23(30)31/h4-6,11-12,15-16,19,21-22,29H,2-3,7-8,10,14,17-18H2,1H3,(H,30,31)/t19-,21-,22-/m0/s1. The summed E-state index contributed by atoms with van der Waals surface area (Å²) in [5.41, 5.74) is 0.884. The molecule has 1 aliphatic heterocycles. The monoisotopic (exact) mass is 447 g/mol. The van der Waals surface area contributed by atoms with Crippen molar-refractivity contribution in [1.29, 1.82) is 0 Å². The zero-order chi connectivity index (χ0) is 23.6. The van der Waals surface area contributed by atoms with Gasteiger partial charge in [0, 0.05) is 31.4 Å². The van der Waals surface area contributed by atoms with Crippen molar-refractivity contribution >= 4 is 11.9 Å². The smallest absolute Gasteiger partial charge is 0.327 e. The van der Waals surface area contributed by atoms with Crippen LogP contribution in [-0.2, 0) is 9.59 Å². The number of carboxylic acid groups (broad SMARTS) is 1. The van der Waals surface area contributed by atoms with Gasteiger partial charge >= 0.3 is 11.9 Å². The van der Waals surface area contributed by atoms with E-state index in [0.717, 1.165) is 5.56 Å². The van der Waals surface area contributed by atoms with Gasteiger partial charge in [-0.3, -0.25) is 9.59 Å². The van der Waals surface area contributed by atoms with Gasteiger partial charge in [-0.25, -0.2) is 0 Å². The van der Waals surface area contributed by atoms with Crippen LogP contribution in [0.5, 0.6) is 0 Å². The third kappa shape index (κ3) is 8.08. The van der Waals surface area contributed by atoms with Gasteiger partial charge in [-0.05, 0) is 30.9 Å². The number of alkyl halides is 2. The molecule has 0 unspecified atom stereocenters. The number of likely N-dealkylation sites (tertiary alicyclic amines) is 1. The van der Waals surface area contributed by atoms with E-state index in [1.165, 1.54) is 17.1 Å². The maximum absolute atomic E-state index is 14.0. The summed E-state index contributed by atoms with van der Waals surface area (Å²) in [7, 11) is 0. The molecule has 1 saturated heterocycles. The van der Waals surface area contributed by atoms with E-state index in [-0.39, 0.29) is 18.9 Å². The number of amides is 1. The predicted molar refractivity (Wildman–Crippen MR) is 118 cm³/mol. The quantitative estimate of drug-likeness (QED) is 0.302. The molecular formula is C25H31F2NO4. The van der Waals surface area contributed by atoms with Gasteiger partial charge in [-0.2, -0.15) is 8.78 Å². The number of carbonyl (C=O) groups is 2. The first kappa shape index (κ1) is 25.5. The van der Waals surface area contributed by atoms with Crippen LogP contribution in [0, 0.1) is 17.8 Å². The van der Waals surface area contributed by atoms with Crippen LogP contribution < -0.4 is 0 Å². The van der Waals surface area contributed by atoms with E-state index >= 15 is 0 Å². The summed E-state index contributed by atoms with van der Waals surface area (Å²) >= 11 is 0. The van der Waals surface area contributed by atoms with Gasteiger partial charge in [0.05, 0.1) is 12.1 Å². The molecule has 32 heavy (non-hydrogen) atoms. The van der Waals surface area contributed by atoms with Gasteiger partial charge in [-0.1, -0.05) is 62.0 Å². The molecule has 1 aromatic rings. The average molecular weight is 448 g/mol. The Hall–Kier alpha value is -2.72. The summed E-state index contributed by atoms with van der Waals surface area (Å²) < 4.78 is 28.0. The summed E-state index contributed by atoms with van der Waals surface area (Å²) in [5.74, 6) is 0.408. The topological polar surface area (TPSA) is 77.8 Å². The van der Waals surface area contributed by atoms with E-state index in [9.17, 15) is 23.5 Å². The number of hydrogen-bond acceptors (Lipinski definition) is 3. The molecular weight excluding hydrogens is 416 g/mol. The second kappa shape index (κ2) is 12.4. The zero-order valence-electron chi connectivity index (χ0n) is 18.3. The van der Waals surface area contributed by atoms with E-state index in [2.05, 4.69) is 11.8 Å². The highest BCUT2D eigenvalue weighted by molar-refractivity contribution is 5.86. The van der Waals surface area contributed by atoms with Crippen LogP contribution in [0.15, 0.2) is 42.5 Å². The molecule has 0 aromatic heterocycles. The molecule has 2 rings (SSSR count). The first-order chi connectivity index (χ1) is 15.2. The van der Waals surface area contributed by atoms with Crippen LogP contribution in [0.1, 0.15) is 57.4 Å². The van der Waals surface area contributed by atoms with Crippen molar-refractivity contribution in [3.63, 3.8) is 0 Å². The molecule has 0 bridgehead atoms. The Morgan fingerprint density at radius 1 is 1.25 bits per heavy atom. The number of aliphatic hydroxyl groups is 1. The van der Waals surface area contributed by atoms with Gasteiger partial charge in [-0.15, -0.1) is 0 Å². The highest BCUT2D eigenvalue weighted by Crippen LogP contribution is 2.34. The number of aliphatic hydroxyl groups excluding tert-OH is 1. The van der Waals surface area contributed by atoms with E-state index < -0.39 is 36.4 Å². The highest BCUT2D eigenvalue weighted by Gasteiger charge is 2.52. The van der Waals surface area contributed by atoms with Crippen LogP contribution in [0.4, 0.5) is 8.78 Å². The van der Waals surface area contributed by atoms with Crippen molar-refractivity contribution in [2.45, 2.75) is 69.9 Å². The fraction of sp³-hybridized carbons (Fsp3) is 0.520. The van der Waals surface area contributed by atoms with Gasteiger partial charge in [0.1, 0.15) is 0 Å². The first-order valence-electron chi connectivity index (χ1n) is 11.0. The molecule has 7 heteroatoms. The molecule has 174 valence electrons. The summed E-state index contributed by atoms with van der Waals surface area (Å²) in [6, 6.07) is 8.71. The lowest BCUT2D eigenvalue weighted by atomic mass is 9.99. The second-order valence-corrected chi connectivity index (χ2v) is 8.26. The number of nitrogens with zero attached hydrogens (tertiary/aromatic N) is 1. The number of carbonyl (C=O) groups excluding carboxylic acids is 1. The van der Waals surface area contributed by atoms with Crippen LogP contribution in [0.2, 0.25) is 0 Å². The van der Waals surface area contributed by atoms with Crippen molar-refractivity contribution in [3.05, 3.63) is 48.0 Å². The lowest BCUT2D eigenvalue weighted by molar-refractivity contribution is -0.148. The Labute approximate surface area is 188 Å². The number of carboxylic acids is 1. The molecule has 1 heterocycles. The van der Waals surface area contributed by atoms with Crippen molar-refractivity contribution in [3.8, 4) is 11.8 Å². The molecule has 1 aliphatic rings. The molecule has 1 amide bonds. The minimum atomic E-state index is -3.41. The summed E-state index contributed by atoms with van der Waals surface area (Å²) in [4.78, 5) is 23.8. The van der Waals surface area contributed by atoms with Crippen LogP contribution in [0.3, 0.4) is 0 Å². The third-order valence-corrected chi connectivity index (χ3v) is 5.52. The average Bonchev–Trinajstić information content (AvgIpc) is 2.97. The number of benzene rings is 1. The molecule has 0 radical (unpaired) electrons. The van der Waals surface area contributed by atoms with E-state index in [4.69, 9.17) is 5.11 Å². The van der Waals surface area contributed by atoms with Gasteiger partial charge in [0.2, 0.25) is 0 Å². The molecule has 0 aliphatic carbocycles. The largest absolute Gasteiger partial charge is 0.481 e. The number of hydrogen-bond donors (Lipinski definition) is 2. The number of halogens is 2. The van der Waals surface area contributed by atoms with Crippen molar-refractivity contribution < 1.29 is 28.6 Å². The summed E-state index contributed by atoms with van der Waals surface area (Å²) in [6.45, 7) is 2.02. The second-order valence-electron chi connectivity index (χ2n) is 8.26. The predicted octanol–water partition coefficient (Wildman–Crippen LogP) is 4.25. The minimum Gasteiger partial charge on any atom is -0.481 e. The summed E-state index contributed by atoms with van der Waals surface area (Å²) in [5, 5.41) is 19.0. The maximum Gasteiger partial charge on any atom is 0.327 e. The molecule has 1 fully saturated rings. The fourth-order valence-corrected chi connectivity index (χ4v) is 3.56. The number of unbranched alkanes of at least 4 members (excludes halogenated alkanes) is 3. The fourth-order valence-electron chi connectivity index (χ4n) is 3.56. The molecule has 3 atom stereocenters. The maximum atomic E-state index is 14.0. The van der Waals surface area contributed by atoms with Crippen molar-refractivity contribution in [2.24, 2.45) is 5.92 Å². The van der Waals surface area contributed by atoms with Crippen molar-refractivity contribution in [1.82, 2.24) is 4.90 Å². The molecule has 1 aromatic carbocycles. The Bertz CT molecular complexity index is 844. The van der Waals surface area contributed by atoms with Crippen LogP contribution in [0.25, 0.3) is 0 Å². The van der Waals surface area contributed by atoms with Crippen LogP contribution >= 0.6 is 0 Å². The Kier molecular flexibility index (Phi) is 9.86. The summed E-state index contributed by atoms with van der Waals surface area (Å²) in [6.07, 6.45) is 4.43. The van der Waals surface area contributed by atoms with E-state index in [1.54, 1.807) is 0 Å². The van der Waals surface area contributed by atoms with Crippen LogP contribution in [-0.4, -0.2) is 51.6 Å². The number of rotatable bonds is 11. The Morgan fingerprint density at radius 2 is 1.94 bits per heavy atom. The molecule has 0 saturated carbocycles. The van der Waals surface area contributed by atoms with E-state index in [0.29, 0.717) is 32.1 Å². The molecule has 2 N–H and O–H groups in total. The van der Waals surface area contributed by atoms with E-state index in [1.807, 2.05) is 37.3 Å². The molecule has 5 nitrogen and oxygen atoms in total. The van der Waals surface area contributed by atoms with Gasteiger partial charge in [0.25, 0.3) is 5.91 Å². The van der Waals surface area contributed by atoms with Crippen molar-refractivity contribution in [2.75, 3.05) is 6.54 Å².